The third-order valence-corrected chi connectivity index (χ3v) is 10.4. The van der Waals surface area contributed by atoms with E-state index in [2.05, 4.69) is 58.2 Å². The Kier molecular flexibility index (Phi) is 36.2. The minimum atomic E-state index is -4.88. The average molecular weight is 849 g/mol. The van der Waals surface area contributed by atoms with Gasteiger partial charge in [-0.2, -0.15) is 13.2 Å². The zero-order valence-corrected chi connectivity index (χ0v) is 40.7. The van der Waals surface area contributed by atoms with E-state index in [1.807, 2.05) is 6.82 Å². The first-order valence-corrected chi connectivity index (χ1v) is 18.7. The molecule has 6 saturated heterocycles. The van der Waals surface area contributed by atoms with E-state index in [-0.39, 0.29) is 143 Å². The molecular weight excluding hydrogens is 795 g/mol. The summed E-state index contributed by atoms with van der Waals surface area (Å²) in [6.07, 6.45) is 1.66. The number of alkyl halides is 3. The molecule has 0 aromatic carbocycles. The number of nitrogens with zero attached hydrogens (tertiary/aromatic N) is 5. The number of hydrogen-bond acceptors (Lipinski definition) is 13. The SMILES string of the molecule is CB(O)N1CCC[C@H]2[C@H]1COC[C@@H]2N1CCCC1.CB(O)N1CCN(C(=O)C(F)(F)F)[C@H]2[C@H]1COC[C@@H]2N1CCCC1.CO.O=CO[O-].[B]B([B])[B].[B][B][B].[H-].[K+].[K+]. The van der Waals surface area contributed by atoms with Crippen LogP contribution in [-0.4, -0.2) is 234 Å². The minimum absolute atomic E-state index is 0. The maximum absolute atomic E-state index is 13.1. The number of piperazine rings is 1. The summed E-state index contributed by atoms with van der Waals surface area (Å²) in [6.45, 7) is 10.8. The number of aliphatic hydroxyl groups excluding tert-OH is 1. The first-order chi connectivity index (χ1) is 26.1. The van der Waals surface area contributed by atoms with Gasteiger partial charge in [0.1, 0.15) is 0 Å². The van der Waals surface area contributed by atoms with Gasteiger partial charge in [0.2, 0.25) is 0 Å². The Hall–Kier alpha value is 2.19. The Morgan fingerprint density at radius 3 is 1.60 bits per heavy atom. The summed E-state index contributed by atoms with van der Waals surface area (Å²) in [6, 6.07) is -0.288. The maximum Gasteiger partial charge on any atom is 1.00 e. The molecule has 6 fully saturated rings. The summed E-state index contributed by atoms with van der Waals surface area (Å²) in [7, 11) is 23.9. The average Bonchev–Trinajstić information content (AvgIpc) is 3.90. The van der Waals surface area contributed by atoms with Gasteiger partial charge in [-0.1, -0.05) is 0 Å². The second-order valence-corrected chi connectivity index (χ2v) is 13.8. The van der Waals surface area contributed by atoms with E-state index in [0.29, 0.717) is 24.6 Å². The molecule has 6 rings (SSSR count). The molecule has 6 aliphatic heterocycles. The number of likely N-dealkylation sites (tertiary alicyclic amines) is 2. The Morgan fingerprint density at radius 1 is 0.789 bits per heavy atom. The number of halogens is 3. The van der Waals surface area contributed by atoms with Gasteiger partial charge >= 0.3 is 129 Å². The number of aliphatic hydroxyl groups is 1. The molecule has 14 nitrogen and oxygen atoms in total. The van der Waals surface area contributed by atoms with Gasteiger partial charge in [-0.05, 0) is 90.8 Å². The Bertz CT molecular complexity index is 1060. The molecular formula is C29H54B9F3K2N5O9. The van der Waals surface area contributed by atoms with Crippen molar-refractivity contribution in [3.63, 3.8) is 0 Å². The van der Waals surface area contributed by atoms with Gasteiger partial charge in [-0.25, -0.2) is 0 Å². The van der Waals surface area contributed by atoms with Crippen LogP contribution in [0.2, 0.25) is 13.6 Å². The summed E-state index contributed by atoms with van der Waals surface area (Å²) in [5.41, 5.74) is 0. The van der Waals surface area contributed by atoms with Crippen molar-refractivity contribution in [2.45, 2.75) is 88.6 Å². The van der Waals surface area contributed by atoms with Crippen LogP contribution in [-0.2, 0) is 24.0 Å². The second-order valence-electron chi connectivity index (χ2n) is 13.8. The summed E-state index contributed by atoms with van der Waals surface area (Å²) in [5, 5.41) is 35.3. The van der Waals surface area contributed by atoms with Crippen molar-refractivity contribution in [3.8, 4) is 0 Å². The molecule has 0 bridgehead atoms. The molecule has 6 atom stereocenters. The van der Waals surface area contributed by atoms with Gasteiger partial charge in [-0.3, -0.25) is 19.4 Å². The van der Waals surface area contributed by atoms with E-state index in [0.717, 1.165) is 64.8 Å². The summed E-state index contributed by atoms with van der Waals surface area (Å²) in [5.74, 6) is -1.09. The molecule has 11 radical (unpaired) electrons. The smallest absolute Gasteiger partial charge is 1.00 e. The Morgan fingerprint density at radius 2 is 1.18 bits per heavy atom. The first-order valence-electron chi connectivity index (χ1n) is 18.7. The molecule has 28 heteroatoms. The van der Waals surface area contributed by atoms with E-state index in [1.54, 1.807) is 11.6 Å². The van der Waals surface area contributed by atoms with Crippen molar-refractivity contribution in [2.24, 2.45) is 5.92 Å². The van der Waals surface area contributed by atoms with Crippen LogP contribution in [0.25, 0.3) is 0 Å². The van der Waals surface area contributed by atoms with Crippen LogP contribution < -0.4 is 108 Å². The molecule has 3 N–H and O–H groups in total. The second kappa shape index (κ2) is 33.7. The molecule has 6 aliphatic rings. The van der Waals surface area contributed by atoms with E-state index in [9.17, 15) is 28.0 Å². The minimum Gasteiger partial charge on any atom is -1.00 e. The number of hydrogen-bond donors (Lipinski definition) is 3. The van der Waals surface area contributed by atoms with Crippen molar-refractivity contribution in [2.75, 3.05) is 79.4 Å². The van der Waals surface area contributed by atoms with Crippen LogP contribution in [0.3, 0.4) is 0 Å². The first kappa shape index (κ1) is 61.3. The van der Waals surface area contributed by atoms with Gasteiger partial charge in [-0.15, -0.1) is 0 Å². The molecule has 0 aliphatic carbocycles. The van der Waals surface area contributed by atoms with Crippen LogP contribution in [0.4, 0.5) is 13.2 Å². The number of rotatable bonds is 5. The fraction of sp³-hybridized carbons (Fsp3) is 0.931. The van der Waals surface area contributed by atoms with Gasteiger partial charge in [0.05, 0.1) is 38.5 Å². The third-order valence-electron chi connectivity index (χ3n) is 10.4. The quantitative estimate of drug-likeness (QED) is 0.104. The van der Waals surface area contributed by atoms with Gasteiger partial charge in [0, 0.05) is 90.5 Å². The molecule has 0 aromatic heterocycles. The molecule has 57 heavy (non-hydrogen) atoms. The van der Waals surface area contributed by atoms with Crippen molar-refractivity contribution in [3.05, 3.63) is 0 Å². The molecule has 0 aromatic rings. The van der Waals surface area contributed by atoms with E-state index >= 15 is 0 Å². The third kappa shape index (κ3) is 20.7. The number of amides is 1. The van der Waals surface area contributed by atoms with Crippen LogP contribution in [0.15, 0.2) is 0 Å². The summed E-state index contributed by atoms with van der Waals surface area (Å²) >= 11 is 0. The molecule has 299 valence electrons. The van der Waals surface area contributed by atoms with Crippen molar-refractivity contribution in [1.29, 1.82) is 0 Å². The molecule has 0 spiro atoms. The van der Waals surface area contributed by atoms with Gasteiger partial charge < -0.3 is 50.7 Å². The summed E-state index contributed by atoms with van der Waals surface area (Å²) in [4.78, 5) is 32.9. The van der Waals surface area contributed by atoms with Crippen molar-refractivity contribution >= 4 is 78.6 Å². The monoisotopic (exact) mass is 850 g/mol. The fourth-order valence-electron chi connectivity index (χ4n) is 8.40. The summed E-state index contributed by atoms with van der Waals surface area (Å²) < 4.78 is 50.7. The number of carbonyl (C=O) groups is 2. The molecule has 1 amide bonds. The topological polar surface area (TPSA) is 162 Å². The number of ether oxygens (including phenoxy) is 2. The van der Waals surface area contributed by atoms with Crippen LogP contribution in [0, 0.1) is 5.92 Å². The molecule has 0 unspecified atom stereocenters. The van der Waals surface area contributed by atoms with E-state index < -0.39 is 37.6 Å². The largest absolute Gasteiger partial charge is 1.00 e. The number of piperidine rings is 1. The zero-order valence-electron chi connectivity index (χ0n) is 35.4. The molecule has 0 saturated carbocycles. The number of carbonyl (C=O) groups excluding carboxylic acids is 2. The van der Waals surface area contributed by atoms with Gasteiger partial charge in [0.25, 0.3) is 6.47 Å². The van der Waals surface area contributed by atoms with Crippen molar-refractivity contribution < 1.29 is 162 Å². The Balaban J connectivity index is -0.000000787. The van der Waals surface area contributed by atoms with E-state index in [4.69, 9.17) is 24.6 Å². The predicted octanol–water partition coefficient (Wildman–Crippen LogP) is -9.80. The van der Waals surface area contributed by atoms with Crippen LogP contribution in [0.1, 0.15) is 40.0 Å². The standard InChI is InChI=1S/C14H23BF3N3O3.C13H25BN2O2.CH2O3.CH4O.B4.B3.2K.H/c1-15(23)21-7-6-20(13(22)14(16,17)18)12-10(8-24-9-11(12)21)19-4-2-3-5-19;1-14(17)16-8-4-5-11-12(9-18-10-13(11)16)15-6-2-3-7-15;2-1-4-3;1-2;1-4(2)3;1-3-2;;;/h10-12,23H,2-9H2,1H3;11-13,17H,2-10H2,1H3;1,3H;2H,1H3;;;;;/q;;;;;;2*+1;-1/p-1/t10-,11+,12+;11-,12+,13-;;;;;;;/m01......./s1. The van der Waals surface area contributed by atoms with E-state index in [1.165, 1.54) is 38.8 Å². The number of fused-ring (bicyclic) bond motifs is 2. The normalized spacial score (nSPS) is 27.1. The maximum atomic E-state index is 13.1. The fourth-order valence-corrected chi connectivity index (χ4v) is 8.40. The van der Waals surface area contributed by atoms with Crippen molar-refractivity contribution in [1.82, 2.24) is 24.3 Å². The zero-order chi connectivity index (χ0) is 41.7. The van der Waals surface area contributed by atoms with Crippen LogP contribution in [0.5, 0.6) is 0 Å². The van der Waals surface area contributed by atoms with Crippen LogP contribution >= 0.6 is 0 Å². The predicted molar refractivity (Wildman–Crippen MR) is 210 cm³/mol. The Labute approximate surface area is 433 Å². The van der Waals surface area contributed by atoms with Gasteiger partial charge in [0.15, 0.2) is 0 Å². The molecule has 6 heterocycles.